The average molecular weight is 445 g/mol. The highest BCUT2D eigenvalue weighted by molar-refractivity contribution is 6.31. The van der Waals surface area contributed by atoms with Crippen molar-refractivity contribution >= 4 is 40.8 Å². The van der Waals surface area contributed by atoms with E-state index in [-0.39, 0.29) is 25.0 Å². The van der Waals surface area contributed by atoms with E-state index < -0.39 is 24.4 Å². The van der Waals surface area contributed by atoms with Crippen molar-refractivity contribution in [1.29, 1.82) is 0 Å². The average Bonchev–Trinajstić information content (AvgIpc) is 3.11. The molecule has 3 rings (SSSR count). The SMILES string of the molecule is Cc1ccc(Cl)cc1NC(=O)COC(=O)[C@@H]1CC(=O)N(c2ccc(OC(C)C)cc2)C1. The molecule has 164 valence electrons. The quantitative estimate of drug-likeness (QED) is 0.653. The van der Waals surface area contributed by atoms with Crippen LogP contribution >= 0.6 is 11.6 Å². The van der Waals surface area contributed by atoms with Gasteiger partial charge in [0.2, 0.25) is 5.91 Å². The van der Waals surface area contributed by atoms with Crippen LogP contribution in [0, 0.1) is 12.8 Å². The van der Waals surface area contributed by atoms with Crippen molar-refractivity contribution in [3.63, 3.8) is 0 Å². The van der Waals surface area contributed by atoms with Crippen molar-refractivity contribution < 1.29 is 23.9 Å². The van der Waals surface area contributed by atoms with Crippen molar-refractivity contribution in [1.82, 2.24) is 0 Å². The number of amides is 2. The predicted octanol–water partition coefficient (Wildman–Crippen LogP) is 3.97. The minimum atomic E-state index is -0.625. The minimum absolute atomic E-state index is 0.0398. The molecule has 0 unspecified atom stereocenters. The van der Waals surface area contributed by atoms with Crippen LogP contribution in [0.15, 0.2) is 42.5 Å². The molecule has 1 N–H and O–H groups in total. The van der Waals surface area contributed by atoms with Crippen LogP contribution in [0.4, 0.5) is 11.4 Å². The van der Waals surface area contributed by atoms with E-state index in [1.54, 1.807) is 47.4 Å². The van der Waals surface area contributed by atoms with Crippen molar-refractivity contribution in [2.45, 2.75) is 33.3 Å². The van der Waals surface area contributed by atoms with Crippen LogP contribution in [0.1, 0.15) is 25.8 Å². The maximum absolute atomic E-state index is 12.4. The van der Waals surface area contributed by atoms with E-state index in [0.717, 1.165) is 5.56 Å². The van der Waals surface area contributed by atoms with Gasteiger partial charge in [-0.15, -0.1) is 0 Å². The Hall–Kier alpha value is -3.06. The monoisotopic (exact) mass is 444 g/mol. The summed E-state index contributed by atoms with van der Waals surface area (Å²) in [6, 6.07) is 12.3. The highest BCUT2D eigenvalue weighted by atomic mass is 35.5. The molecule has 2 amide bonds. The number of carbonyl (C=O) groups excluding carboxylic acids is 3. The molecule has 0 aliphatic carbocycles. The third-order valence-corrected chi connectivity index (χ3v) is 5.03. The Labute approximate surface area is 186 Å². The minimum Gasteiger partial charge on any atom is -0.491 e. The number of esters is 1. The number of hydrogen-bond donors (Lipinski definition) is 1. The second-order valence-corrected chi connectivity index (χ2v) is 8.12. The number of ether oxygens (including phenoxy) is 2. The van der Waals surface area contributed by atoms with Gasteiger partial charge >= 0.3 is 5.97 Å². The first-order valence-corrected chi connectivity index (χ1v) is 10.4. The summed E-state index contributed by atoms with van der Waals surface area (Å²) < 4.78 is 10.7. The lowest BCUT2D eigenvalue weighted by Gasteiger charge is -2.17. The number of anilines is 2. The first-order valence-electron chi connectivity index (χ1n) is 10.0. The molecule has 0 bridgehead atoms. The number of nitrogens with one attached hydrogen (secondary N) is 1. The standard InChI is InChI=1S/C23H25ClN2O5/c1-14(2)31-19-8-6-18(7-9-19)26-12-16(10-22(26)28)23(29)30-13-21(27)25-20-11-17(24)5-4-15(20)3/h4-9,11,14,16H,10,12-13H2,1-3H3,(H,25,27)/t16-/m1/s1. The van der Waals surface area contributed by atoms with Crippen LogP contribution in [0.25, 0.3) is 0 Å². The molecule has 0 aromatic heterocycles. The van der Waals surface area contributed by atoms with E-state index in [9.17, 15) is 14.4 Å². The maximum Gasteiger partial charge on any atom is 0.311 e. The Balaban J connectivity index is 1.53. The van der Waals surface area contributed by atoms with Gasteiger partial charge in [0.05, 0.1) is 12.0 Å². The lowest BCUT2D eigenvalue weighted by Crippen LogP contribution is -2.28. The van der Waals surface area contributed by atoms with Gasteiger partial charge in [-0.3, -0.25) is 14.4 Å². The normalized spacial score (nSPS) is 15.8. The van der Waals surface area contributed by atoms with Crippen LogP contribution in [0.5, 0.6) is 5.75 Å². The van der Waals surface area contributed by atoms with Gasteiger partial charge in [0.15, 0.2) is 6.61 Å². The Morgan fingerprint density at radius 2 is 1.90 bits per heavy atom. The molecule has 0 spiro atoms. The fourth-order valence-corrected chi connectivity index (χ4v) is 3.43. The van der Waals surface area contributed by atoms with Crippen molar-refractivity contribution in [2.24, 2.45) is 5.92 Å². The summed E-state index contributed by atoms with van der Waals surface area (Å²) in [7, 11) is 0. The van der Waals surface area contributed by atoms with E-state index in [4.69, 9.17) is 21.1 Å². The summed E-state index contributed by atoms with van der Waals surface area (Å²) in [6.45, 7) is 5.47. The zero-order valence-corrected chi connectivity index (χ0v) is 18.4. The van der Waals surface area contributed by atoms with Crippen LogP contribution in [-0.2, 0) is 19.1 Å². The number of hydrogen-bond acceptors (Lipinski definition) is 5. The first-order chi connectivity index (χ1) is 14.7. The lowest BCUT2D eigenvalue weighted by molar-refractivity contribution is -0.151. The van der Waals surface area contributed by atoms with E-state index in [0.29, 0.717) is 22.1 Å². The molecule has 1 aliphatic rings. The molecule has 0 radical (unpaired) electrons. The summed E-state index contributed by atoms with van der Waals surface area (Å²) in [5, 5.41) is 3.16. The van der Waals surface area contributed by atoms with Crippen molar-refractivity contribution in [2.75, 3.05) is 23.4 Å². The predicted molar refractivity (Wildman–Crippen MR) is 118 cm³/mol. The molecule has 2 aromatic carbocycles. The summed E-state index contributed by atoms with van der Waals surface area (Å²) in [6.07, 6.45) is 0.0939. The molecular formula is C23H25ClN2O5. The highest BCUT2D eigenvalue weighted by Gasteiger charge is 2.36. The topological polar surface area (TPSA) is 84.9 Å². The smallest absolute Gasteiger partial charge is 0.311 e. The molecule has 1 fully saturated rings. The highest BCUT2D eigenvalue weighted by Crippen LogP contribution is 2.28. The number of carbonyl (C=O) groups is 3. The number of benzene rings is 2. The number of halogens is 1. The summed E-state index contributed by atoms with van der Waals surface area (Å²) in [4.78, 5) is 38.5. The third kappa shape index (κ3) is 5.98. The summed E-state index contributed by atoms with van der Waals surface area (Å²) in [5.74, 6) is -1.13. The van der Waals surface area contributed by atoms with Crippen LogP contribution in [0.3, 0.4) is 0 Å². The molecule has 8 heteroatoms. The Morgan fingerprint density at radius 3 is 2.58 bits per heavy atom. The summed E-state index contributed by atoms with van der Waals surface area (Å²) in [5.41, 5.74) is 2.08. The van der Waals surface area contributed by atoms with E-state index in [1.807, 2.05) is 20.8 Å². The molecular weight excluding hydrogens is 420 g/mol. The molecule has 1 heterocycles. The fourth-order valence-electron chi connectivity index (χ4n) is 3.26. The van der Waals surface area contributed by atoms with E-state index in [2.05, 4.69) is 5.32 Å². The van der Waals surface area contributed by atoms with Crippen LogP contribution in [-0.4, -0.2) is 37.0 Å². The maximum atomic E-state index is 12.4. The number of rotatable bonds is 7. The molecule has 1 saturated heterocycles. The van der Waals surface area contributed by atoms with Crippen molar-refractivity contribution in [3.8, 4) is 5.75 Å². The Bertz CT molecular complexity index is 974. The number of nitrogens with zero attached hydrogens (tertiary/aromatic N) is 1. The Morgan fingerprint density at radius 1 is 1.19 bits per heavy atom. The lowest BCUT2D eigenvalue weighted by atomic mass is 10.1. The van der Waals surface area contributed by atoms with Gasteiger partial charge < -0.3 is 19.7 Å². The van der Waals surface area contributed by atoms with Gasteiger partial charge in [-0.1, -0.05) is 17.7 Å². The third-order valence-electron chi connectivity index (χ3n) is 4.80. The Kier molecular flexibility index (Phi) is 7.17. The van der Waals surface area contributed by atoms with E-state index >= 15 is 0 Å². The van der Waals surface area contributed by atoms with Crippen molar-refractivity contribution in [3.05, 3.63) is 53.1 Å². The first kappa shape index (κ1) is 22.6. The van der Waals surface area contributed by atoms with Gasteiger partial charge in [0.1, 0.15) is 5.75 Å². The molecule has 0 saturated carbocycles. The molecule has 31 heavy (non-hydrogen) atoms. The molecule has 2 aromatic rings. The second-order valence-electron chi connectivity index (χ2n) is 7.68. The van der Waals surface area contributed by atoms with Gasteiger partial charge in [-0.25, -0.2) is 0 Å². The summed E-state index contributed by atoms with van der Waals surface area (Å²) >= 11 is 5.94. The zero-order chi connectivity index (χ0) is 22.5. The van der Waals surface area contributed by atoms with Gasteiger partial charge in [0.25, 0.3) is 5.91 Å². The van der Waals surface area contributed by atoms with E-state index in [1.165, 1.54) is 0 Å². The molecule has 1 atom stereocenters. The zero-order valence-electron chi connectivity index (χ0n) is 17.7. The van der Waals surface area contributed by atoms with Crippen LogP contribution in [0.2, 0.25) is 5.02 Å². The van der Waals surface area contributed by atoms with Gasteiger partial charge in [-0.2, -0.15) is 0 Å². The largest absolute Gasteiger partial charge is 0.491 e. The van der Waals surface area contributed by atoms with Gasteiger partial charge in [-0.05, 0) is 62.7 Å². The number of aryl methyl sites for hydroxylation is 1. The molecule has 1 aliphatic heterocycles. The second kappa shape index (κ2) is 9.83. The van der Waals surface area contributed by atoms with Crippen LogP contribution < -0.4 is 15.0 Å². The fraction of sp³-hybridized carbons (Fsp3) is 0.348. The molecule has 7 nitrogen and oxygen atoms in total. The van der Waals surface area contributed by atoms with Gasteiger partial charge in [0, 0.05) is 29.4 Å².